The summed E-state index contributed by atoms with van der Waals surface area (Å²) < 4.78 is 43.9. The Kier molecular flexibility index (Phi) is 7.43. The van der Waals surface area contributed by atoms with Crippen LogP contribution >= 0.6 is 11.6 Å². The van der Waals surface area contributed by atoms with E-state index in [9.17, 15) is 22.8 Å². The van der Waals surface area contributed by atoms with Crippen LogP contribution in [0, 0.1) is 0 Å². The van der Waals surface area contributed by atoms with Crippen LogP contribution in [0.1, 0.15) is 77.7 Å². The summed E-state index contributed by atoms with van der Waals surface area (Å²) in [5.41, 5.74) is 5.47. The van der Waals surface area contributed by atoms with Crippen molar-refractivity contribution in [3.05, 3.63) is 52.7 Å². The Morgan fingerprint density at radius 2 is 1.82 bits per heavy atom. The first-order valence-corrected chi connectivity index (χ1v) is 13.2. The van der Waals surface area contributed by atoms with Crippen molar-refractivity contribution in [2.75, 3.05) is 5.32 Å². The van der Waals surface area contributed by atoms with Crippen molar-refractivity contribution in [3.8, 4) is 11.3 Å². The van der Waals surface area contributed by atoms with Gasteiger partial charge in [0.1, 0.15) is 0 Å². The number of halogens is 4. The van der Waals surface area contributed by atoms with E-state index in [1.807, 2.05) is 0 Å². The third kappa shape index (κ3) is 5.67. The van der Waals surface area contributed by atoms with Crippen molar-refractivity contribution >= 4 is 29.1 Å². The van der Waals surface area contributed by atoms with Gasteiger partial charge in [0.15, 0.2) is 11.5 Å². The molecule has 0 aliphatic heterocycles. The summed E-state index contributed by atoms with van der Waals surface area (Å²) >= 11 is 6.35. The van der Waals surface area contributed by atoms with Gasteiger partial charge >= 0.3 is 6.18 Å². The zero-order valence-electron chi connectivity index (χ0n) is 21.3. The van der Waals surface area contributed by atoms with Crippen molar-refractivity contribution < 1.29 is 22.8 Å². The lowest BCUT2D eigenvalue weighted by Gasteiger charge is -2.27. The molecule has 0 atom stereocenters. The van der Waals surface area contributed by atoms with Gasteiger partial charge in [0.2, 0.25) is 0 Å². The zero-order valence-corrected chi connectivity index (χ0v) is 22.0. The number of imidazole rings is 1. The smallest absolute Gasteiger partial charge is 0.349 e. The summed E-state index contributed by atoms with van der Waals surface area (Å²) in [7, 11) is 1.47. The average Bonchev–Trinajstić information content (AvgIpc) is 3.43. The van der Waals surface area contributed by atoms with E-state index < -0.39 is 17.8 Å². The summed E-state index contributed by atoms with van der Waals surface area (Å²) in [6.45, 7) is 0. The number of carbonyl (C=O) groups is 2. The van der Waals surface area contributed by atoms with E-state index in [0.29, 0.717) is 5.69 Å². The van der Waals surface area contributed by atoms with Crippen molar-refractivity contribution in [1.82, 2.24) is 24.6 Å². The van der Waals surface area contributed by atoms with Crippen LogP contribution in [0.5, 0.6) is 0 Å². The van der Waals surface area contributed by atoms with Gasteiger partial charge in [0.05, 0.1) is 34.1 Å². The molecule has 0 unspecified atom stereocenters. The number of rotatable bonds is 6. The van der Waals surface area contributed by atoms with Gasteiger partial charge in [-0.1, -0.05) is 11.6 Å². The lowest BCUT2D eigenvalue weighted by atomic mass is 9.91. The van der Waals surface area contributed by atoms with Gasteiger partial charge in [0, 0.05) is 31.0 Å². The highest BCUT2D eigenvalue weighted by Gasteiger charge is 2.39. The number of alkyl halides is 3. The third-order valence-corrected chi connectivity index (χ3v) is 7.81. The Hall–Kier alpha value is -3.38. The molecule has 0 spiro atoms. The van der Waals surface area contributed by atoms with Gasteiger partial charge in [-0.2, -0.15) is 18.3 Å². The second-order valence-electron chi connectivity index (χ2n) is 10.2. The topological polar surface area (TPSA) is 120 Å². The van der Waals surface area contributed by atoms with E-state index >= 15 is 0 Å². The van der Waals surface area contributed by atoms with Crippen LogP contribution in [-0.2, 0) is 13.2 Å². The number of hydrogen-bond donors (Lipinski definition) is 3. The zero-order chi connectivity index (χ0) is 27.9. The van der Waals surface area contributed by atoms with Crippen LogP contribution in [0.2, 0.25) is 5.02 Å². The molecular formula is C26H29ClF3N7O2. The number of nitrogens with one attached hydrogen (secondary N) is 2. The second-order valence-corrected chi connectivity index (χ2v) is 10.6. The van der Waals surface area contributed by atoms with Crippen LogP contribution in [0.3, 0.4) is 0 Å². The molecule has 39 heavy (non-hydrogen) atoms. The summed E-state index contributed by atoms with van der Waals surface area (Å²) in [5.74, 6) is -1.05. The molecule has 2 aliphatic carbocycles. The average molecular weight is 564 g/mol. The number of nitrogens with two attached hydrogens (primary N) is 1. The lowest BCUT2D eigenvalue weighted by molar-refractivity contribution is -0.141. The number of carbonyl (C=O) groups excluding carboxylic acids is 2. The third-order valence-electron chi connectivity index (χ3n) is 7.50. The highest BCUT2D eigenvalue weighted by atomic mass is 35.5. The molecule has 2 aliphatic rings. The molecule has 2 saturated carbocycles. The van der Waals surface area contributed by atoms with E-state index in [4.69, 9.17) is 17.3 Å². The molecule has 5 rings (SSSR count). The first-order chi connectivity index (χ1) is 18.5. The summed E-state index contributed by atoms with van der Waals surface area (Å²) in [6, 6.07) is 4.62. The molecule has 2 aromatic heterocycles. The molecule has 2 fully saturated rings. The molecule has 0 radical (unpaired) electrons. The largest absolute Gasteiger partial charge is 0.435 e. The van der Waals surface area contributed by atoms with Gasteiger partial charge in [0.25, 0.3) is 11.8 Å². The van der Waals surface area contributed by atoms with E-state index in [2.05, 4.69) is 20.7 Å². The number of benzene rings is 1. The number of nitrogens with zero attached hydrogens (tertiary/aromatic N) is 4. The van der Waals surface area contributed by atoms with Crippen molar-refractivity contribution in [2.45, 2.75) is 69.2 Å². The standard InChI is InChI=1S/C26H29ClF3N7O2/c1-36-21(19-13-37(17-3-2-4-17)35-22(19)26(28,29)30)12-32-23(36)25(39)34-16-9-10-18(20(27)11-16)24(38)33-15-7-5-14(31)6-8-15/h9-15,17H,2-8,31H2,1H3,(H,33,38)(H,34,39)/t14-,15+. The van der Waals surface area contributed by atoms with Crippen molar-refractivity contribution in [3.63, 3.8) is 0 Å². The number of anilines is 1. The number of aromatic nitrogens is 4. The molecule has 0 bridgehead atoms. The minimum atomic E-state index is -4.66. The Bertz CT molecular complexity index is 1390. The summed E-state index contributed by atoms with van der Waals surface area (Å²) in [4.78, 5) is 29.8. The highest BCUT2D eigenvalue weighted by molar-refractivity contribution is 6.34. The molecule has 2 heterocycles. The maximum Gasteiger partial charge on any atom is 0.435 e. The Morgan fingerprint density at radius 1 is 1.10 bits per heavy atom. The molecule has 9 nitrogen and oxygen atoms in total. The predicted molar refractivity (Wildman–Crippen MR) is 139 cm³/mol. The minimum Gasteiger partial charge on any atom is -0.349 e. The lowest BCUT2D eigenvalue weighted by Crippen LogP contribution is -2.40. The Balaban J connectivity index is 1.31. The molecule has 3 aromatic rings. The maximum atomic E-state index is 13.8. The van der Waals surface area contributed by atoms with Crippen LogP contribution < -0.4 is 16.4 Å². The summed E-state index contributed by atoms with van der Waals surface area (Å²) in [6.07, 6.45) is 3.73. The van der Waals surface area contributed by atoms with E-state index in [1.165, 1.54) is 46.9 Å². The normalized spacial score (nSPS) is 19.9. The molecule has 2 amide bonds. The number of amides is 2. The van der Waals surface area contributed by atoms with E-state index in [1.54, 1.807) is 0 Å². The van der Waals surface area contributed by atoms with Crippen LogP contribution in [0.15, 0.2) is 30.6 Å². The minimum absolute atomic E-state index is 0.0315. The molecule has 4 N–H and O–H groups in total. The molecule has 1 aromatic carbocycles. The van der Waals surface area contributed by atoms with Gasteiger partial charge in [-0.25, -0.2) is 4.98 Å². The van der Waals surface area contributed by atoms with Crippen molar-refractivity contribution in [1.29, 1.82) is 0 Å². The van der Waals surface area contributed by atoms with E-state index in [-0.39, 0.29) is 51.7 Å². The van der Waals surface area contributed by atoms with Crippen LogP contribution in [0.4, 0.5) is 18.9 Å². The maximum absolute atomic E-state index is 13.8. The van der Waals surface area contributed by atoms with Crippen LogP contribution in [-0.4, -0.2) is 43.2 Å². The SMILES string of the molecule is Cn1c(-c2cn(C3CCC3)nc2C(F)(F)F)cnc1C(=O)Nc1ccc(C(=O)N[C@H]2CC[C@@H](N)CC2)c(Cl)c1. The fraction of sp³-hybridized carbons (Fsp3) is 0.462. The fourth-order valence-electron chi connectivity index (χ4n) is 4.99. The van der Waals surface area contributed by atoms with Gasteiger partial charge in [-0.3, -0.25) is 14.3 Å². The molecule has 0 saturated heterocycles. The fourth-order valence-corrected chi connectivity index (χ4v) is 5.25. The highest BCUT2D eigenvalue weighted by Crippen LogP contribution is 2.39. The Labute approximate surface area is 227 Å². The monoisotopic (exact) mass is 563 g/mol. The first-order valence-electron chi connectivity index (χ1n) is 12.9. The van der Waals surface area contributed by atoms with Crippen LogP contribution in [0.25, 0.3) is 11.3 Å². The summed E-state index contributed by atoms with van der Waals surface area (Å²) in [5, 5.41) is 9.58. The molecular weight excluding hydrogens is 535 g/mol. The van der Waals surface area contributed by atoms with Gasteiger partial charge in [-0.15, -0.1) is 0 Å². The Morgan fingerprint density at radius 3 is 2.44 bits per heavy atom. The molecule has 208 valence electrons. The predicted octanol–water partition coefficient (Wildman–Crippen LogP) is 4.93. The number of hydrogen-bond acceptors (Lipinski definition) is 5. The van der Waals surface area contributed by atoms with Gasteiger partial charge in [-0.05, 0) is 63.1 Å². The first kappa shape index (κ1) is 27.2. The van der Waals surface area contributed by atoms with Gasteiger partial charge < -0.3 is 20.9 Å². The second kappa shape index (κ2) is 10.6. The van der Waals surface area contributed by atoms with Crippen molar-refractivity contribution in [2.24, 2.45) is 12.8 Å². The molecule has 13 heteroatoms. The quantitative estimate of drug-likeness (QED) is 0.393. The van der Waals surface area contributed by atoms with E-state index in [0.717, 1.165) is 44.9 Å².